The number of thiazole rings is 1. The van der Waals surface area contributed by atoms with Crippen LogP contribution in [0.1, 0.15) is 32.1 Å². The van der Waals surface area contributed by atoms with Crippen LogP contribution in [-0.2, 0) is 4.74 Å². The average molecular weight is 409 g/mol. The number of hydrogen-bond acceptors (Lipinski definition) is 4. The van der Waals surface area contributed by atoms with Gasteiger partial charge in [-0.25, -0.2) is 4.98 Å². The molecule has 3 aliphatic heterocycles. The monoisotopic (exact) mass is 408 g/mol. The molecule has 1 N–H and O–H groups in total. The van der Waals surface area contributed by atoms with Gasteiger partial charge in [0.05, 0.1) is 37.1 Å². The second-order valence-corrected chi connectivity index (χ2v) is 10.8. The van der Waals surface area contributed by atoms with Gasteiger partial charge >= 0.3 is 0 Å². The lowest BCUT2D eigenvalue weighted by Gasteiger charge is -2.58. The molecule has 3 saturated heterocycles. The smallest absolute Gasteiger partial charge is 0.191 e. The largest absolute Gasteiger partial charge is 0.475 e. The summed E-state index contributed by atoms with van der Waals surface area (Å²) >= 11 is 1.70. The zero-order valence-corrected chi connectivity index (χ0v) is 18.0. The summed E-state index contributed by atoms with van der Waals surface area (Å²) in [7, 11) is 2.46. The van der Waals surface area contributed by atoms with Gasteiger partial charge in [-0.1, -0.05) is 30.3 Å². The SMILES string of the molecule is C[N+]12CC3CC(C1)C(OC(Nc1ncsc1-c1ccccc1)=C1CCC1)C(C3)C2. The Balaban J connectivity index is 1.26. The van der Waals surface area contributed by atoms with Crippen molar-refractivity contribution >= 4 is 17.2 Å². The molecule has 0 spiro atoms. The number of allylic oxidation sites excluding steroid dienone is 1. The van der Waals surface area contributed by atoms with Crippen LogP contribution in [0.5, 0.6) is 0 Å². The van der Waals surface area contributed by atoms with E-state index in [1.165, 1.54) is 59.4 Å². The van der Waals surface area contributed by atoms with E-state index in [4.69, 9.17) is 4.74 Å². The van der Waals surface area contributed by atoms with E-state index in [0.717, 1.165) is 30.5 Å². The Morgan fingerprint density at radius 1 is 1.10 bits per heavy atom. The number of nitrogens with one attached hydrogen (secondary N) is 1. The van der Waals surface area contributed by atoms with Gasteiger partial charge in [-0.2, -0.15) is 0 Å². The molecule has 4 bridgehead atoms. The molecule has 152 valence electrons. The molecule has 2 saturated carbocycles. The van der Waals surface area contributed by atoms with Gasteiger partial charge in [0.1, 0.15) is 6.10 Å². The molecule has 2 aliphatic carbocycles. The predicted molar refractivity (Wildman–Crippen MR) is 117 cm³/mol. The summed E-state index contributed by atoms with van der Waals surface area (Å²) < 4.78 is 8.14. The van der Waals surface area contributed by atoms with Crippen LogP contribution in [0.4, 0.5) is 5.82 Å². The van der Waals surface area contributed by atoms with Crippen molar-refractivity contribution in [2.75, 3.05) is 32.0 Å². The van der Waals surface area contributed by atoms with E-state index in [1.54, 1.807) is 11.3 Å². The minimum atomic E-state index is 0.382. The van der Waals surface area contributed by atoms with Gasteiger partial charge in [-0.3, -0.25) is 0 Å². The van der Waals surface area contributed by atoms with E-state index in [1.807, 2.05) is 5.51 Å². The van der Waals surface area contributed by atoms with Crippen molar-refractivity contribution in [1.82, 2.24) is 4.98 Å². The number of rotatable bonds is 5. The van der Waals surface area contributed by atoms with Gasteiger partial charge < -0.3 is 14.5 Å². The lowest BCUT2D eigenvalue weighted by Crippen LogP contribution is -2.68. The zero-order chi connectivity index (χ0) is 19.4. The van der Waals surface area contributed by atoms with Gasteiger partial charge in [-0.05, 0) is 43.2 Å². The fourth-order valence-electron chi connectivity index (χ4n) is 6.44. The van der Waals surface area contributed by atoms with Crippen LogP contribution in [0.3, 0.4) is 0 Å². The van der Waals surface area contributed by atoms with E-state index in [2.05, 4.69) is 47.7 Å². The van der Waals surface area contributed by atoms with Gasteiger partial charge in [0.2, 0.25) is 0 Å². The summed E-state index contributed by atoms with van der Waals surface area (Å²) in [6.07, 6.45) is 6.71. The Morgan fingerprint density at radius 2 is 1.86 bits per heavy atom. The maximum Gasteiger partial charge on any atom is 0.191 e. The zero-order valence-electron chi connectivity index (χ0n) is 17.1. The minimum absolute atomic E-state index is 0.382. The quantitative estimate of drug-likeness (QED) is 0.551. The number of ether oxygens (including phenoxy) is 1. The maximum atomic E-state index is 6.86. The Morgan fingerprint density at radius 3 is 2.52 bits per heavy atom. The molecule has 4 nitrogen and oxygen atoms in total. The highest BCUT2D eigenvalue weighted by molar-refractivity contribution is 7.13. The molecule has 2 atom stereocenters. The first-order valence-corrected chi connectivity index (χ1v) is 12.0. The van der Waals surface area contributed by atoms with E-state index >= 15 is 0 Å². The van der Waals surface area contributed by atoms with Crippen LogP contribution in [0.2, 0.25) is 0 Å². The second kappa shape index (κ2) is 6.85. The van der Waals surface area contributed by atoms with Crippen LogP contribution < -0.4 is 5.32 Å². The number of benzene rings is 1. The number of anilines is 1. The van der Waals surface area contributed by atoms with Crippen molar-refractivity contribution in [3.05, 3.63) is 47.3 Å². The third-order valence-corrected chi connectivity index (χ3v) is 8.49. The van der Waals surface area contributed by atoms with Crippen molar-refractivity contribution in [2.24, 2.45) is 17.8 Å². The molecule has 1 aromatic carbocycles. The van der Waals surface area contributed by atoms with Crippen LogP contribution in [0.25, 0.3) is 10.4 Å². The summed E-state index contributed by atoms with van der Waals surface area (Å²) in [5.41, 5.74) is 4.61. The number of nitrogens with zero attached hydrogens (tertiary/aromatic N) is 2. The highest BCUT2D eigenvalue weighted by atomic mass is 32.1. The molecule has 0 radical (unpaired) electrons. The van der Waals surface area contributed by atoms with Crippen LogP contribution in [-0.4, -0.2) is 42.3 Å². The second-order valence-electron chi connectivity index (χ2n) is 9.91. The summed E-state index contributed by atoms with van der Waals surface area (Å²) in [4.78, 5) is 5.85. The summed E-state index contributed by atoms with van der Waals surface area (Å²) in [5, 5.41) is 3.65. The topological polar surface area (TPSA) is 34.1 Å². The molecule has 5 heteroatoms. The molecule has 2 unspecified atom stereocenters. The summed E-state index contributed by atoms with van der Waals surface area (Å²) in [5.74, 6) is 4.32. The molecule has 4 heterocycles. The van der Waals surface area contributed by atoms with Crippen molar-refractivity contribution in [3.8, 4) is 10.4 Å². The molecule has 2 aromatic rings. The Labute approximate surface area is 177 Å². The van der Waals surface area contributed by atoms with Gasteiger partial charge in [0, 0.05) is 17.8 Å². The predicted octanol–water partition coefficient (Wildman–Crippen LogP) is 5.12. The Hall–Kier alpha value is -1.85. The molecular weight excluding hydrogens is 378 g/mol. The standard InChI is InChI=1S/C24H30N3OS/c1-27-12-16-10-19(13-27)21(20(11-16)14-27)28-24(18-8-5-9-18)26-23-22(29-15-25-23)17-6-3-2-4-7-17/h2-4,6-7,15-16,19-21,26H,5,8-14H2,1H3/q+1. The Bertz CT molecular complexity index is 915. The molecule has 5 fully saturated rings. The van der Waals surface area contributed by atoms with Crippen molar-refractivity contribution in [3.63, 3.8) is 0 Å². The fourth-order valence-corrected chi connectivity index (χ4v) is 7.19. The van der Waals surface area contributed by atoms with E-state index < -0.39 is 0 Å². The first kappa shape index (κ1) is 18.0. The number of piperidine rings is 3. The third-order valence-electron chi connectivity index (χ3n) is 7.62. The highest BCUT2D eigenvalue weighted by Crippen LogP contribution is 2.49. The molecule has 29 heavy (non-hydrogen) atoms. The summed E-state index contributed by atoms with van der Waals surface area (Å²) in [6.45, 7) is 3.99. The first-order valence-electron chi connectivity index (χ1n) is 11.1. The molecule has 0 amide bonds. The first-order chi connectivity index (χ1) is 14.2. The van der Waals surface area contributed by atoms with E-state index in [0.29, 0.717) is 17.9 Å². The maximum absolute atomic E-state index is 6.86. The molecule has 1 aromatic heterocycles. The van der Waals surface area contributed by atoms with Crippen LogP contribution in [0, 0.1) is 17.8 Å². The number of hydrogen-bond donors (Lipinski definition) is 1. The minimum Gasteiger partial charge on any atom is -0.475 e. The van der Waals surface area contributed by atoms with E-state index in [9.17, 15) is 0 Å². The van der Waals surface area contributed by atoms with Crippen LogP contribution >= 0.6 is 11.3 Å². The molecular formula is C24H30N3OS+. The number of quaternary nitrogens is 1. The van der Waals surface area contributed by atoms with E-state index in [-0.39, 0.29) is 0 Å². The lowest BCUT2D eigenvalue weighted by molar-refractivity contribution is -0.938. The van der Waals surface area contributed by atoms with Gasteiger partial charge in [0.15, 0.2) is 11.7 Å². The van der Waals surface area contributed by atoms with Gasteiger partial charge in [0.25, 0.3) is 0 Å². The van der Waals surface area contributed by atoms with Gasteiger partial charge in [-0.15, -0.1) is 11.3 Å². The molecule has 7 rings (SSSR count). The third kappa shape index (κ3) is 3.19. The normalized spacial score (nSPS) is 34.7. The lowest BCUT2D eigenvalue weighted by atomic mass is 9.65. The number of aromatic nitrogens is 1. The van der Waals surface area contributed by atoms with Crippen molar-refractivity contribution < 1.29 is 9.22 Å². The average Bonchev–Trinajstić information content (AvgIpc) is 3.10. The van der Waals surface area contributed by atoms with Crippen molar-refractivity contribution in [1.29, 1.82) is 0 Å². The highest BCUT2D eigenvalue weighted by Gasteiger charge is 2.55. The van der Waals surface area contributed by atoms with Crippen molar-refractivity contribution in [2.45, 2.75) is 38.2 Å². The van der Waals surface area contributed by atoms with Crippen LogP contribution in [0.15, 0.2) is 47.3 Å². The fraction of sp³-hybridized carbons (Fsp3) is 0.542. The molecule has 5 aliphatic rings. The Kier molecular flexibility index (Phi) is 4.24. The summed E-state index contributed by atoms with van der Waals surface area (Å²) in [6, 6.07) is 10.6.